The monoisotopic (exact) mass is 304 g/mol. The Bertz CT molecular complexity index is 545. The van der Waals surface area contributed by atoms with E-state index in [4.69, 9.17) is 9.63 Å². The van der Waals surface area contributed by atoms with Crippen molar-refractivity contribution in [2.45, 2.75) is 18.0 Å². The predicted octanol–water partition coefficient (Wildman–Crippen LogP) is 2.89. The molecule has 20 heavy (non-hydrogen) atoms. The molecule has 0 saturated carbocycles. The minimum atomic E-state index is -4.60. The maximum atomic E-state index is 12.1. The first-order valence-electron chi connectivity index (χ1n) is 5.67. The summed E-state index contributed by atoms with van der Waals surface area (Å²) in [4.78, 5) is 4.08. The van der Waals surface area contributed by atoms with Crippen LogP contribution in [-0.2, 0) is 5.75 Å². The van der Waals surface area contributed by atoms with E-state index in [2.05, 4.69) is 10.1 Å². The van der Waals surface area contributed by atoms with Crippen molar-refractivity contribution in [3.05, 3.63) is 36.2 Å². The minimum Gasteiger partial charge on any atom is -0.383 e. The fourth-order valence-electron chi connectivity index (χ4n) is 1.37. The van der Waals surface area contributed by atoms with Gasteiger partial charge in [0.25, 0.3) is 0 Å². The molecule has 1 unspecified atom stereocenters. The van der Waals surface area contributed by atoms with E-state index in [0.717, 1.165) is 17.3 Å². The van der Waals surface area contributed by atoms with E-state index >= 15 is 0 Å². The molecule has 0 spiro atoms. The molecule has 0 fully saturated rings. The molecule has 4 nitrogen and oxygen atoms in total. The number of hydrogen-bond acceptors (Lipinski definition) is 5. The summed E-state index contributed by atoms with van der Waals surface area (Å²) in [7, 11) is 0. The molecule has 1 heterocycles. The maximum absolute atomic E-state index is 12.1. The molecular weight excluding hydrogens is 293 g/mol. The van der Waals surface area contributed by atoms with Crippen molar-refractivity contribution in [3.8, 4) is 11.4 Å². The number of halogens is 3. The molecule has 0 amide bonds. The summed E-state index contributed by atoms with van der Waals surface area (Å²) in [6, 6.07) is 9.09. The fraction of sp³-hybridized carbons (Fsp3) is 0.333. The summed E-state index contributed by atoms with van der Waals surface area (Å²) in [6.07, 6.45) is -6.94. The lowest BCUT2D eigenvalue weighted by Crippen LogP contribution is -2.30. The van der Waals surface area contributed by atoms with Gasteiger partial charge in [0.15, 0.2) is 6.10 Å². The predicted molar refractivity (Wildman–Crippen MR) is 68.0 cm³/mol. The second kappa shape index (κ2) is 6.27. The van der Waals surface area contributed by atoms with E-state index in [0.29, 0.717) is 5.82 Å². The summed E-state index contributed by atoms with van der Waals surface area (Å²) < 4.78 is 41.2. The van der Waals surface area contributed by atoms with Crippen LogP contribution in [0.1, 0.15) is 5.89 Å². The zero-order valence-corrected chi connectivity index (χ0v) is 11.0. The molecule has 1 aromatic heterocycles. The van der Waals surface area contributed by atoms with E-state index < -0.39 is 18.0 Å². The van der Waals surface area contributed by atoms with Crippen LogP contribution < -0.4 is 0 Å². The number of alkyl halides is 3. The molecular formula is C12H11F3N2O2S. The van der Waals surface area contributed by atoms with E-state index in [1.54, 1.807) is 12.1 Å². The third kappa shape index (κ3) is 3.97. The summed E-state index contributed by atoms with van der Waals surface area (Å²) in [5.74, 6) is 0.264. The number of aromatic nitrogens is 2. The quantitative estimate of drug-likeness (QED) is 0.920. The molecule has 0 saturated heterocycles. The van der Waals surface area contributed by atoms with Gasteiger partial charge < -0.3 is 9.63 Å². The van der Waals surface area contributed by atoms with Gasteiger partial charge in [0.05, 0.1) is 5.75 Å². The highest BCUT2D eigenvalue weighted by atomic mass is 32.2. The van der Waals surface area contributed by atoms with Crippen LogP contribution in [0.3, 0.4) is 0 Å². The number of nitrogens with zero attached hydrogens (tertiary/aromatic N) is 2. The van der Waals surface area contributed by atoms with Crippen LogP contribution in [0.15, 0.2) is 34.9 Å². The Morgan fingerprint density at radius 2 is 1.95 bits per heavy atom. The lowest BCUT2D eigenvalue weighted by Gasteiger charge is -2.12. The molecule has 1 aromatic carbocycles. The summed E-state index contributed by atoms with van der Waals surface area (Å²) in [5.41, 5.74) is 0.767. The Hall–Kier alpha value is -1.54. The normalized spacial score (nSPS) is 13.4. The Morgan fingerprint density at radius 3 is 2.60 bits per heavy atom. The summed E-state index contributed by atoms with van der Waals surface area (Å²) in [5, 5.41) is 12.6. The van der Waals surface area contributed by atoms with Crippen molar-refractivity contribution in [1.29, 1.82) is 0 Å². The van der Waals surface area contributed by atoms with Crippen LogP contribution in [0.5, 0.6) is 0 Å². The topological polar surface area (TPSA) is 59.2 Å². The molecule has 2 rings (SSSR count). The second-order valence-corrected chi connectivity index (χ2v) is 4.98. The molecule has 0 radical (unpaired) electrons. The fourth-order valence-corrected chi connectivity index (χ4v) is 2.19. The van der Waals surface area contributed by atoms with Gasteiger partial charge in [-0.1, -0.05) is 35.5 Å². The minimum absolute atomic E-state index is 0.118. The van der Waals surface area contributed by atoms with Gasteiger partial charge in [0.2, 0.25) is 11.7 Å². The molecule has 1 atom stereocenters. The average Bonchev–Trinajstić information content (AvgIpc) is 2.87. The van der Waals surface area contributed by atoms with Crippen LogP contribution in [0.25, 0.3) is 11.4 Å². The number of aliphatic hydroxyl groups is 1. The van der Waals surface area contributed by atoms with Gasteiger partial charge in [0.1, 0.15) is 0 Å². The highest BCUT2D eigenvalue weighted by Crippen LogP contribution is 2.24. The number of rotatable bonds is 5. The van der Waals surface area contributed by atoms with E-state index in [-0.39, 0.29) is 11.6 Å². The van der Waals surface area contributed by atoms with Gasteiger partial charge in [0, 0.05) is 11.3 Å². The summed E-state index contributed by atoms with van der Waals surface area (Å²) in [6.45, 7) is 0. The number of thioether (sulfide) groups is 1. The van der Waals surface area contributed by atoms with Crippen LogP contribution in [-0.4, -0.2) is 33.3 Å². The highest BCUT2D eigenvalue weighted by molar-refractivity contribution is 7.98. The molecule has 0 aliphatic rings. The maximum Gasteiger partial charge on any atom is 0.415 e. The van der Waals surface area contributed by atoms with Gasteiger partial charge in [-0.2, -0.15) is 18.2 Å². The number of hydrogen-bond donors (Lipinski definition) is 1. The Kier molecular flexibility index (Phi) is 4.66. The molecule has 1 N–H and O–H groups in total. The standard InChI is InChI=1S/C12H11F3N2O2S/c13-12(14,15)9(18)6-20-7-10-16-11(17-19-10)8-4-2-1-3-5-8/h1-5,9,18H,6-7H2. The van der Waals surface area contributed by atoms with Crippen molar-refractivity contribution in [2.75, 3.05) is 5.75 Å². The number of benzene rings is 1. The smallest absolute Gasteiger partial charge is 0.383 e. The van der Waals surface area contributed by atoms with Gasteiger partial charge in [-0.25, -0.2) is 0 Å². The van der Waals surface area contributed by atoms with E-state index in [9.17, 15) is 13.2 Å². The van der Waals surface area contributed by atoms with Crippen molar-refractivity contribution in [2.24, 2.45) is 0 Å². The molecule has 0 aliphatic carbocycles. The third-order valence-corrected chi connectivity index (χ3v) is 3.38. The summed E-state index contributed by atoms with van der Waals surface area (Å²) >= 11 is 0.884. The first-order chi connectivity index (χ1) is 9.47. The van der Waals surface area contributed by atoms with Crippen LogP contribution >= 0.6 is 11.8 Å². The molecule has 8 heteroatoms. The Labute approximate surface area is 117 Å². The largest absolute Gasteiger partial charge is 0.415 e. The molecule has 0 aliphatic heterocycles. The van der Waals surface area contributed by atoms with Crippen molar-refractivity contribution >= 4 is 11.8 Å². The SMILES string of the molecule is OC(CSCc1nc(-c2ccccc2)no1)C(F)(F)F. The number of aliphatic hydroxyl groups excluding tert-OH is 1. The van der Waals surface area contributed by atoms with E-state index in [1.165, 1.54) is 0 Å². The van der Waals surface area contributed by atoms with Gasteiger partial charge in [-0.3, -0.25) is 0 Å². The molecule has 0 bridgehead atoms. The van der Waals surface area contributed by atoms with Crippen molar-refractivity contribution in [3.63, 3.8) is 0 Å². The lowest BCUT2D eigenvalue weighted by molar-refractivity contribution is -0.195. The first kappa shape index (κ1) is 14.9. The van der Waals surface area contributed by atoms with Gasteiger partial charge >= 0.3 is 6.18 Å². The lowest BCUT2D eigenvalue weighted by atomic mass is 10.2. The molecule has 108 valence electrons. The van der Waals surface area contributed by atoms with Crippen LogP contribution in [0.2, 0.25) is 0 Å². The first-order valence-corrected chi connectivity index (χ1v) is 6.83. The van der Waals surface area contributed by atoms with Crippen LogP contribution in [0.4, 0.5) is 13.2 Å². The Balaban J connectivity index is 1.88. The zero-order chi connectivity index (χ0) is 14.6. The van der Waals surface area contributed by atoms with Gasteiger partial charge in [-0.15, -0.1) is 11.8 Å². The zero-order valence-electron chi connectivity index (χ0n) is 10.2. The Morgan fingerprint density at radius 1 is 1.25 bits per heavy atom. The van der Waals surface area contributed by atoms with Gasteiger partial charge in [-0.05, 0) is 0 Å². The third-order valence-electron chi connectivity index (χ3n) is 2.38. The van der Waals surface area contributed by atoms with Crippen molar-refractivity contribution in [1.82, 2.24) is 10.1 Å². The van der Waals surface area contributed by atoms with Crippen LogP contribution in [0, 0.1) is 0 Å². The second-order valence-electron chi connectivity index (χ2n) is 3.95. The van der Waals surface area contributed by atoms with E-state index in [1.807, 2.05) is 18.2 Å². The molecule has 2 aromatic rings. The van der Waals surface area contributed by atoms with Crippen molar-refractivity contribution < 1.29 is 22.8 Å². The average molecular weight is 304 g/mol. The highest BCUT2D eigenvalue weighted by Gasteiger charge is 2.37.